The molecule has 1 saturated heterocycles. The molecule has 3 rings (SSSR count). The fourth-order valence-corrected chi connectivity index (χ4v) is 3.33. The molecule has 2 aromatic rings. The molecule has 1 atom stereocenters. The van der Waals surface area contributed by atoms with E-state index in [-0.39, 0.29) is 17.8 Å². The predicted molar refractivity (Wildman–Crippen MR) is 100 cm³/mol. The van der Waals surface area contributed by atoms with Crippen LogP contribution in [0.5, 0.6) is 5.75 Å². The monoisotopic (exact) mass is 358 g/mol. The van der Waals surface area contributed by atoms with Crippen LogP contribution >= 0.6 is 0 Å². The zero-order valence-electron chi connectivity index (χ0n) is 15.2. The molecule has 6 heteroatoms. The Morgan fingerprint density at radius 2 is 1.81 bits per heavy atom. The number of carbonyl (C=O) groups excluding carboxylic acids is 1. The first-order chi connectivity index (χ1) is 12.6. The molecule has 1 fully saturated rings. The minimum absolute atomic E-state index is 0.0441. The number of ether oxygens (including phenoxy) is 1. The van der Waals surface area contributed by atoms with Crippen LogP contribution in [0.15, 0.2) is 48.5 Å². The Bertz CT molecular complexity index is 743. The van der Waals surface area contributed by atoms with Crippen LogP contribution in [0.3, 0.4) is 0 Å². The van der Waals surface area contributed by atoms with Gasteiger partial charge in [0.1, 0.15) is 11.6 Å². The third kappa shape index (κ3) is 4.14. The van der Waals surface area contributed by atoms with Gasteiger partial charge in [0.15, 0.2) is 6.04 Å². The maximum absolute atomic E-state index is 13.0. The lowest BCUT2D eigenvalue weighted by molar-refractivity contribution is -0.914. The van der Waals surface area contributed by atoms with Gasteiger partial charge in [0.05, 0.1) is 39.0 Å². The van der Waals surface area contributed by atoms with Crippen LogP contribution in [0.25, 0.3) is 0 Å². The maximum atomic E-state index is 13.0. The molecule has 0 aliphatic carbocycles. The smallest absolute Gasteiger partial charge is 0.282 e. The van der Waals surface area contributed by atoms with Gasteiger partial charge in [-0.1, -0.05) is 12.1 Å². The number of benzene rings is 2. The first kappa shape index (κ1) is 18.2. The zero-order chi connectivity index (χ0) is 18.5. The molecule has 1 aliphatic heterocycles. The van der Waals surface area contributed by atoms with Gasteiger partial charge < -0.3 is 19.9 Å². The number of amides is 1. The summed E-state index contributed by atoms with van der Waals surface area (Å²) in [5.74, 6) is 0.518. The number of hydrogen-bond donors (Lipinski definition) is 2. The van der Waals surface area contributed by atoms with E-state index in [0.717, 1.165) is 37.6 Å². The van der Waals surface area contributed by atoms with E-state index >= 15 is 0 Å². The quantitative estimate of drug-likeness (QED) is 0.853. The molecule has 5 nitrogen and oxygen atoms in total. The molecule has 0 saturated carbocycles. The fourth-order valence-electron chi connectivity index (χ4n) is 3.33. The molecule has 2 aromatic carbocycles. The Labute approximate surface area is 153 Å². The van der Waals surface area contributed by atoms with Gasteiger partial charge in [0.2, 0.25) is 0 Å². The lowest BCUT2D eigenvalue weighted by Crippen LogP contribution is -3.19. The van der Waals surface area contributed by atoms with Crippen molar-refractivity contribution >= 4 is 17.3 Å². The van der Waals surface area contributed by atoms with Crippen molar-refractivity contribution in [1.82, 2.24) is 0 Å². The van der Waals surface area contributed by atoms with Gasteiger partial charge in [-0.2, -0.15) is 0 Å². The molecule has 0 aromatic heterocycles. The number of nitrogens with one attached hydrogen (secondary N) is 2. The van der Waals surface area contributed by atoms with Gasteiger partial charge in [-0.05, 0) is 43.3 Å². The number of hydrogen-bond acceptors (Lipinski definition) is 3. The molecular weight excluding hydrogens is 333 g/mol. The van der Waals surface area contributed by atoms with Gasteiger partial charge in [-0.25, -0.2) is 4.39 Å². The Morgan fingerprint density at radius 3 is 2.46 bits per heavy atom. The largest absolute Gasteiger partial charge is 0.495 e. The van der Waals surface area contributed by atoms with E-state index in [1.54, 1.807) is 19.2 Å². The number of piperazine rings is 1. The van der Waals surface area contributed by atoms with Crippen molar-refractivity contribution in [3.05, 3.63) is 54.3 Å². The van der Waals surface area contributed by atoms with Gasteiger partial charge in [0.25, 0.3) is 5.91 Å². The van der Waals surface area contributed by atoms with Crippen LogP contribution in [-0.4, -0.2) is 45.2 Å². The van der Waals surface area contributed by atoms with Gasteiger partial charge in [-0.3, -0.25) is 4.79 Å². The Kier molecular flexibility index (Phi) is 5.73. The van der Waals surface area contributed by atoms with E-state index in [1.807, 2.05) is 25.1 Å². The van der Waals surface area contributed by atoms with Crippen LogP contribution in [0, 0.1) is 5.82 Å². The number of halogens is 1. The second-order valence-corrected chi connectivity index (χ2v) is 6.53. The summed E-state index contributed by atoms with van der Waals surface area (Å²) in [7, 11) is 1.68. The molecule has 2 N–H and O–H groups in total. The summed E-state index contributed by atoms with van der Waals surface area (Å²) in [6.07, 6.45) is 0. The van der Waals surface area contributed by atoms with Crippen LogP contribution < -0.4 is 19.9 Å². The number of carbonyl (C=O) groups is 1. The van der Waals surface area contributed by atoms with Crippen molar-refractivity contribution in [3.8, 4) is 5.75 Å². The summed E-state index contributed by atoms with van der Waals surface area (Å²) in [5, 5.41) is 2.87. The van der Waals surface area contributed by atoms with Gasteiger partial charge in [-0.15, -0.1) is 0 Å². The summed E-state index contributed by atoms with van der Waals surface area (Å²) in [6.45, 7) is 5.41. The zero-order valence-corrected chi connectivity index (χ0v) is 15.2. The molecule has 138 valence electrons. The van der Waals surface area contributed by atoms with E-state index in [1.165, 1.54) is 17.0 Å². The summed E-state index contributed by atoms with van der Waals surface area (Å²) >= 11 is 0. The first-order valence-electron chi connectivity index (χ1n) is 8.87. The average molecular weight is 358 g/mol. The topological polar surface area (TPSA) is 46.0 Å². The lowest BCUT2D eigenvalue weighted by Gasteiger charge is -2.36. The van der Waals surface area contributed by atoms with Crippen molar-refractivity contribution in [2.24, 2.45) is 0 Å². The van der Waals surface area contributed by atoms with Crippen LogP contribution in [-0.2, 0) is 4.79 Å². The summed E-state index contributed by atoms with van der Waals surface area (Å²) in [5.41, 5.74) is 1.72. The third-order valence-corrected chi connectivity index (χ3v) is 4.95. The van der Waals surface area contributed by atoms with Crippen molar-refractivity contribution in [3.63, 3.8) is 0 Å². The van der Waals surface area contributed by atoms with Gasteiger partial charge in [0, 0.05) is 5.69 Å². The minimum Gasteiger partial charge on any atom is -0.495 e. The van der Waals surface area contributed by atoms with E-state index in [0.29, 0.717) is 5.69 Å². The SMILES string of the molecule is COc1ccccc1N1CC[NH+]([C@H](C)C(=O)Nc2ccc(F)cc2)CC1. The Balaban J connectivity index is 1.57. The number of methoxy groups -OCH3 is 1. The maximum Gasteiger partial charge on any atom is 0.282 e. The molecule has 0 spiro atoms. The second-order valence-electron chi connectivity index (χ2n) is 6.53. The second kappa shape index (κ2) is 8.19. The Hall–Kier alpha value is -2.60. The molecule has 0 bridgehead atoms. The molecule has 26 heavy (non-hydrogen) atoms. The van der Waals surface area contributed by atoms with Crippen LogP contribution in [0.2, 0.25) is 0 Å². The molecular formula is C20H25FN3O2+. The van der Waals surface area contributed by atoms with Crippen molar-refractivity contribution in [2.75, 3.05) is 43.5 Å². The van der Waals surface area contributed by atoms with Gasteiger partial charge >= 0.3 is 0 Å². The molecule has 0 radical (unpaired) electrons. The van der Waals surface area contributed by atoms with Crippen LogP contribution in [0.4, 0.5) is 15.8 Å². The normalized spacial score (nSPS) is 16.2. The highest BCUT2D eigenvalue weighted by Gasteiger charge is 2.30. The van der Waals surface area contributed by atoms with Crippen LogP contribution in [0.1, 0.15) is 6.92 Å². The summed E-state index contributed by atoms with van der Waals surface area (Å²) < 4.78 is 18.4. The standard InChI is InChI=1S/C20H24FN3O2/c1-15(20(25)22-17-9-7-16(21)8-10-17)23-11-13-24(14-12-23)18-5-3-4-6-19(18)26-2/h3-10,15H,11-14H2,1-2H3,(H,22,25)/p+1/t15-/m1/s1. The molecule has 1 aliphatic rings. The molecule has 1 heterocycles. The Morgan fingerprint density at radius 1 is 1.15 bits per heavy atom. The first-order valence-corrected chi connectivity index (χ1v) is 8.87. The van der Waals surface area contributed by atoms with E-state index < -0.39 is 0 Å². The average Bonchev–Trinajstić information content (AvgIpc) is 2.69. The summed E-state index contributed by atoms with van der Waals surface area (Å²) in [4.78, 5) is 16.0. The number of anilines is 2. The lowest BCUT2D eigenvalue weighted by atomic mass is 10.2. The van der Waals surface area contributed by atoms with Crippen molar-refractivity contribution < 1.29 is 18.8 Å². The number of quaternary nitrogens is 1. The minimum atomic E-state index is -0.311. The fraction of sp³-hybridized carbons (Fsp3) is 0.350. The van der Waals surface area contributed by atoms with Crippen molar-refractivity contribution in [1.29, 1.82) is 0 Å². The third-order valence-electron chi connectivity index (χ3n) is 4.95. The summed E-state index contributed by atoms with van der Waals surface area (Å²) in [6, 6.07) is 13.7. The highest BCUT2D eigenvalue weighted by molar-refractivity contribution is 5.93. The van der Waals surface area contributed by atoms with Crippen molar-refractivity contribution in [2.45, 2.75) is 13.0 Å². The molecule has 0 unspecified atom stereocenters. The number of nitrogens with zero attached hydrogens (tertiary/aromatic N) is 1. The molecule has 1 amide bonds. The van der Waals surface area contributed by atoms with E-state index in [9.17, 15) is 9.18 Å². The van der Waals surface area contributed by atoms with E-state index in [4.69, 9.17) is 4.74 Å². The van der Waals surface area contributed by atoms with E-state index in [2.05, 4.69) is 16.3 Å². The predicted octanol–water partition coefficient (Wildman–Crippen LogP) is 1.57. The highest BCUT2D eigenvalue weighted by Crippen LogP contribution is 2.27. The highest BCUT2D eigenvalue weighted by atomic mass is 19.1. The number of para-hydroxylation sites is 2. The number of rotatable bonds is 5.